The van der Waals surface area contributed by atoms with Crippen LogP contribution in [0.3, 0.4) is 0 Å². The molecular formula is C48H50N2P2. The number of allylic oxidation sites excluding steroid dienone is 2. The first-order chi connectivity index (χ1) is 25.0. The Hall–Kier alpha value is -4.09. The highest BCUT2D eigenvalue weighted by Crippen LogP contribution is 2.54. The van der Waals surface area contributed by atoms with Gasteiger partial charge in [-0.2, -0.15) is 0 Å². The largest absolute Gasteiger partial charge is 0.377 e. The Morgan fingerprint density at radius 3 is 1.79 bits per heavy atom. The molecule has 1 aliphatic carbocycles. The lowest BCUT2D eigenvalue weighted by Crippen LogP contribution is -2.30. The Morgan fingerprint density at radius 2 is 1.21 bits per heavy atom. The molecule has 2 nitrogen and oxygen atoms in total. The molecule has 0 spiro atoms. The van der Waals surface area contributed by atoms with Crippen molar-refractivity contribution in [2.75, 3.05) is 5.32 Å². The van der Waals surface area contributed by atoms with E-state index in [1.54, 1.807) is 0 Å². The predicted molar refractivity (Wildman–Crippen MR) is 230 cm³/mol. The molecule has 8 rings (SSSR count). The number of aryl methyl sites for hydroxylation is 1. The molecule has 0 amide bonds. The van der Waals surface area contributed by atoms with Crippen LogP contribution >= 0.6 is 15.8 Å². The summed E-state index contributed by atoms with van der Waals surface area (Å²) in [5.41, 5.74) is 10.5. The van der Waals surface area contributed by atoms with Crippen molar-refractivity contribution in [3.05, 3.63) is 161 Å². The molecule has 2 bridgehead atoms. The number of nitrogens with one attached hydrogen (secondary N) is 1. The fourth-order valence-corrected chi connectivity index (χ4v) is 13.0. The molecule has 0 radical (unpaired) electrons. The summed E-state index contributed by atoms with van der Waals surface area (Å²) in [7, 11) is -1.52. The predicted octanol–water partition coefficient (Wildman–Crippen LogP) is 12.0. The molecule has 2 heterocycles. The van der Waals surface area contributed by atoms with Crippen LogP contribution in [0.25, 0.3) is 21.8 Å². The van der Waals surface area contributed by atoms with E-state index >= 15 is 0 Å². The average molecular weight is 717 g/mol. The van der Waals surface area contributed by atoms with Crippen molar-refractivity contribution in [2.45, 2.75) is 78.7 Å². The molecular weight excluding hydrogens is 666 g/mol. The van der Waals surface area contributed by atoms with E-state index in [2.05, 4.69) is 181 Å². The summed E-state index contributed by atoms with van der Waals surface area (Å²) in [6, 6.07) is 43.8. The van der Waals surface area contributed by atoms with Gasteiger partial charge in [-0.15, -0.1) is 0 Å². The quantitative estimate of drug-likeness (QED) is 0.143. The number of para-hydroxylation sites is 2. The third kappa shape index (κ3) is 6.66. The second-order valence-electron chi connectivity index (χ2n) is 16.6. The summed E-state index contributed by atoms with van der Waals surface area (Å²) >= 11 is 0. The number of fused-ring (bicyclic) bond motifs is 2. The van der Waals surface area contributed by atoms with Crippen LogP contribution in [-0.2, 0) is 17.7 Å². The van der Waals surface area contributed by atoms with Crippen LogP contribution in [0.2, 0.25) is 0 Å². The Balaban J connectivity index is 1.46. The second-order valence-corrected chi connectivity index (χ2v) is 21.0. The lowest BCUT2D eigenvalue weighted by Gasteiger charge is -2.36. The first-order valence-electron chi connectivity index (χ1n) is 18.7. The Labute approximate surface area is 313 Å². The van der Waals surface area contributed by atoms with E-state index in [1.165, 1.54) is 65.5 Å². The molecule has 0 saturated carbocycles. The van der Waals surface area contributed by atoms with Gasteiger partial charge in [-0.25, -0.2) is 4.98 Å². The van der Waals surface area contributed by atoms with E-state index < -0.39 is 15.8 Å². The Morgan fingerprint density at radius 1 is 0.635 bits per heavy atom. The van der Waals surface area contributed by atoms with E-state index in [0.717, 1.165) is 29.8 Å². The zero-order valence-electron chi connectivity index (χ0n) is 31.7. The fourth-order valence-electron chi connectivity index (χ4n) is 7.90. The maximum Gasteiger partial charge on any atom is 0.0748 e. The van der Waals surface area contributed by atoms with Crippen molar-refractivity contribution in [3.63, 3.8) is 0 Å². The number of nitrogens with zero attached hydrogens (tertiary/aromatic N) is 1. The number of benzene rings is 5. The number of hydrogen-bond donors (Lipinski definition) is 1. The summed E-state index contributed by atoms with van der Waals surface area (Å²) in [6.07, 6.45) is 7.92. The van der Waals surface area contributed by atoms with E-state index in [1.807, 2.05) is 0 Å². The van der Waals surface area contributed by atoms with Crippen LogP contribution < -0.4 is 21.2 Å². The van der Waals surface area contributed by atoms with E-state index in [-0.39, 0.29) is 16.9 Å². The summed E-state index contributed by atoms with van der Waals surface area (Å²) in [5.74, 6) is 0. The lowest BCUT2D eigenvalue weighted by molar-refractivity contribution is 0.510. The summed E-state index contributed by atoms with van der Waals surface area (Å²) < 4.78 is 0. The highest BCUT2D eigenvalue weighted by molar-refractivity contribution is 7.72. The number of anilines is 1. The Kier molecular flexibility index (Phi) is 9.22. The number of hydrogen-bond acceptors (Lipinski definition) is 2. The molecule has 52 heavy (non-hydrogen) atoms. The zero-order chi connectivity index (χ0) is 36.2. The van der Waals surface area contributed by atoms with Gasteiger partial charge in [0.25, 0.3) is 0 Å². The van der Waals surface area contributed by atoms with E-state index in [9.17, 15) is 0 Å². The number of pyridine rings is 1. The minimum Gasteiger partial charge on any atom is -0.377 e. The molecule has 262 valence electrons. The van der Waals surface area contributed by atoms with Crippen LogP contribution in [0, 0.1) is 12.3 Å². The van der Waals surface area contributed by atoms with Crippen LogP contribution in [-0.4, -0.2) is 11.0 Å². The van der Waals surface area contributed by atoms with E-state index in [4.69, 9.17) is 4.98 Å². The van der Waals surface area contributed by atoms with Crippen LogP contribution in [0.15, 0.2) is 138 Å². The second kappa shape index (κ2) is 13.7. The van der Waals surface area contributed by atoms with Gasteiger partial charge in [0.2, 0.25) is 0 Å². The van der Waals surface area contributed by atoms with Crippen molar-refractivity contribution < 1.29 is 0 Å². The minimum absolute atomic E-state index is 0.0289. The molecule has 5 aromatic carbocycles. The summed E-state index contributed by atoms with van der Waals surface area (Å²) in [6.45, 7) is 16.4. The van der Waals surface area contributed by atoms with Crippen molar-refractivity contribution >= 4 is 59.3 Å². The molecule has 3 unspecified atom stereocenters. The minimum atomic E-state index is -0.782. The van der Waals surface area contributed by atoms with Crippen molar-refractivity contribution in [2.24, 2.45) is 5.41 Å². The molecule has 1 aliphatic heterocycles. The van der Waals surface area contributed by atoms with Gasteiger partial charge >= 0.3 is 0 Å². The van der Waals surface area contributed by atoms with Gasteiger partial charge in [0.15, 0.2) is 0 Å². The van der Waals surface area contributed by atoms with Crippen molar-refractivity contribution in [1.29, 1.82) is 0 Å². The summed E-state index contributed by atoms with van der Waals surface area (Å²) in [4.78, 5) is 5.69. The van der Waals surface area contributed by atoms with Gasteiger partial charge in [0.1, 0.15) is 0 Å². The van der Waals surface area contributed by atoms with E-state index in [0.29, 0.717) is 0 Å². The molecule has 2 aliphatic rings. The molecule has 1 N–H and O–H groups in total. The molecule has 3 atom stereocenters. The highest BCUT2D eigenvalue weighted by Gasteiger charge is 2.32. The first kappa shape index (κ1) is 35.0. The average Bonchev–Trinajstić information content (AvgIpc) is 3.13. The molecule has 4 heteroatoms. The smallest absolute Gasteiger partial charge is 0.0748 e. The van der Waals surface area contributed by atoms with Crippen LogP contribution in [0.1, 0.15) is 70.2 Å². The molecule has 6 aromatic rings. The van der Waals surface area contributed by atoms with Gasteiger partial charge in [-0.3, -0.25) is 0 Å². The standard InChI is InChI=1S/C48H50N2P2/c1-32-39-22-14-16-33-30-51(37-18-10-8-11-19-37)43-28-35(47(2,3)4)24-26-41(43)49-42-27-25-36(48(5,6)7)29-44(42)52(38-20-12-9-13-21-38)31-34-17-15-23-40(32)46(34)50-45(33)39/h8-26,28-29,42,49H,27,30-31H2,1-7H3. The van der Waals surface area contributed by atoms with Gasteiger partial charge in [0, 0.05) is 34.1 Å². The van der Waals surface area contributed by atoms with Gasteiger partial charge in [0.05, 0.1) is 17.1 Å². The fraction of sp³-hybridized carbons (Fsp3) is 0.271. The monoisotopic (exact) mass is 716 g/mol. The molecule has 0 fully saturated rings. The van der Waals surface area contributed by atoms with Crippen LogP contribution in [0.5, 0.6) is 0 Å². The molecule has 0 saturated heterocycles. The van der Waals surface area contributed by atoms with Crippen molar-refractivity contribution in [1.82, 2.24) is 4.98 Å². The first-order valence-corrected chi connectivity index (χ1v) is 21.8. The third-order valence-electron chi connectivity index (χ3n) is 11.0. The summed E-state index contributed by atoms with van der Waals surface area (Å²) in [5, 5.41) is 12.6. The normalized spacial score (nSPS) is 19.4. The number of rotatable bonds is 2. The third-order valence-corrected chi connectivity index (χ3v) is 16.1. The maximum atomic E-state index is 5.69. The topological polar surface area (TPSA) is 24.9 Å². The van der Waals surface area contributed by atoms with Crippen LogP contribution in [0.4, 0.5) is 5.69 Å². The maximum absolute atomic E-state index is 5.69. The van der Waals surface area contributed by atoms with Crippen molar-refractivity contribution in [3.8, 4) is 0 Å². The van der Waals surface area contributed by atoms with Gasteiger partial charge in [-0.05, 0) is 95.9 Å². The Bertz CT molecular complexity index is 2340. The van der Waals surface area contributed by atoms with Gasteiger partial charge < -0.3 is 5.32 Å². The SMILES string of the molecule is Cc1c2cccc3c2nc2c(cccc12)CP(c1ccccc1)c1cc(C(C)(C)C)ccc1NC1CC=C(C(C)(C)C)C=C1P(c1ccccc1)C3. The highest BCUT2D eigenvalue weighted by atomic mass is 31.1. The number of aromatic nitrogens is 1. The lowest BCUT2D eigenvalue weighted by atomic mass is 9.82. The zero-order valence-corrected chi connectivity index (χ0v) is 33.5. The van der Waals surface area contributed by atoms with Gasteiger partial charge in [-0.1, -0.05) is 157 Å². The molecule has 1 aromatic heterocycles.